The number of fused-ring (bicyclic) bond motifs is 1. The second-order valence-electron chi connectivity index (χ2n) is 5.56. The van der Waals surface area contributed by atoms with Crippen molar-refractivity contribution in [3.05, 3.63) is 23.8 Å². The van der Waals surface area contributed by atoms with Crippen LogP contribution < -0.4 is 9.47 Å². The SMILES string of the molecule is COc1ccc2c(c1)OC1(CCS(=O)(=O)CC1)C[C@H]2O. The monoisotopic (exact) mass is 298 g/mol. The van der Waals surface area contributed by atoms with E-state index in [4.69, 9.17) is 9.47 Å². The van der Waals surface area contributed by atoms with Crippen LogP contribution in [0.25, 0.3) is 0 Å². The van der Waals surface area contributed by atoms with Crippen molar-refractivity contribution in [2.45, 2.75) is 31.0 Å². The molecule has 0 radical (unpaired) electrons. The third-order valence-electron chi connectivity index (χ3n) is 4.21. The van der Waals surface area contributed by atoms with E-state index < -0.39 is 21.5 Å². The van der Waals surface area contributed by atoms with Gasteiger partial charge in [-0.25, -0.2) is 8.42 Å². The van der Waals surface area contributed by atoms with Gasteiger partial charge in [0.1, 0.15) is 17.1 Å². The van der Waals surface area contributed by atoms with Gasteiger partial charge in [-0.3, -0.25) is 0 Å². The fourth-order valence-corrected chi connectivity index (χ4v) is 4.53. The summed E-state index contributed by atoms with van der Waals surface area (Å²) in [5, 5.41) is 10.3. The second kappa shape index (κ2) is 4.63. The van der Waals surface area contributed by atoms with Gasteiger partial charge >= 0.3 is 0 Å². The van der Waals surface area contributed by atoms with Gasteiger partial charge in [-0.05, 0) is 12.1 Å². The van der Waals surface area contributed by atoms with Crippen molar-refractivity contribution in [1.82, 2.24) is 0 Å². The van der Waals surface area contributed by atoms with Crippen molar-refractivity contribution in [1.29, 1.82) is 0 Å². The van der Waals surface area contributed by atoms with Crippen LogP contribution in [0.1, 0.15) is 30.9 Å². The van der Waals surface area contributed by atoms with E-state index in [1.54, 1.807) is 25.3 Å². The van der Waals surface area contributed by atoms with Crippen molar-refractivity contribution in [2.24, 2.45) is 0 Å². The number of ether oxygens (including phenoxy) is 2. The minimum Gasteiger partial charge on any atom is -0.497 e. The summed E-state index contributed by atoms with van der Waals surface area (Å²) in [6.45, 7) is 0. The Morgan fingerprint density at radius 2 is 2.05 bits per heavy atom. The van der Waals surface area contributed by atoms with E-state index in [1.807, 2.05) is 0 Å². The first-order valence-corrected chi connectivity index (χ1v) is 8.51. The summed E-state index contributed by atoms with van der Waals surface area (Å²) in [5.41, 5.74) is 0.175. The Bertz CT molecular complexity index is 608. The molecular formula is C14H18O5S. The lowest BCUT2D eigenvalue weighted by Gasteiger charge is -2.43. The van der Waals surface area contributed by atoms with Crippen LogP contribution in [0.4, 0.5) is 0 Å². The molecule has 1 spiro atoms. The highest BCUT2D eigenvalue weighted by Gasteiger charge is 2.44. The molecule has 1 fully saturated rings. The Balaban J connectivity index is 1.91. The standard InChI is InChI=1S/C14H18O5S/c1-18-10-2-3-11-12(15)9-14(19-13(11)8-10)4-6-20(16,17)7-5-14/h2-3,8,12,15H,4-7,9H2,1H3/t12-/m1/s1. The Morgan fingerprint density at radius 1 is 1.35 bits per heavy atom. The largest absolute Gasteiger partial charge is 0.497 e. The quantitative estimate of drug-likeness (QED) is 0.849. The number of rotatable bonds is 1. The third-order valence-corrected chi connectivity index (χ3v) is 5.86. The van der Waals surface area contributed by atoms with E-state index in [0.29, 0.717) is 30.8 Å². The number of hydrogen-bond acceptors (Lipinski definition) is 5. The molecule has 2 aliphatic heterocycles. The molecule has 1 aromatic rings. The van der Waals surface area contributed by atoms with Gasteiger partial charge in [-0.15, -0.1) is 0 Å². The van der Waals surface area contributed by atoms with Crippen LogP contribution in [0.5, 0.6) is 11.5 Å². The normalized spacial score (nSPS) is 26.6. The van der Waals surface area contributed by atoms with Gasteiger partial charge in [0.25, 0.3) is 0 Å². The maximum atomic E-state index is 11.6. The van der Waals surface area contributed by atoms with Crippen molar-refractivity contribution in [3.8, 4) is 11.5 Å². The lowest BCUT2D eigenvalue weighted by atomic mass is 9.84. The number of aliphatic hydroxyl groups is 1. The molecule has 1 atom stereocenters. The van der Waals surface area contributed by atoms with Crippen LogP contribution in [-0.2, 0) is 9.84 Å². The molecule has 3 rings (SSSR count). The summed E-state index contributed by atoms with van der Waals surface area (Å²) in [7, 11) is -1.38. The minimum absolute atomic E-state index is 0.124. The molecule has 20 heavy (non-hydrogen) atoms. The van der Waals surface area contributed by atoms with Crippen LogP contribution in [-0.4, -0.2) is 37.7 Å². The first kappa shape index (κ1) is 13.7. The van der Waals surface area contributed by atoms with Crippen molar-refractivity contribution >= 4 is 9.84 Å². The van der Waals surface area contributed by atoms with Gasteiger partial charge < -0.3 is 14.6 Å². The van der Waals surface area contributed by atoms with Crippen molar-refractivity contribution in [2.75, 3.05) is 18.6 Å². The molecule has 0 saturated carbocycles. The summed E-state index contributed by atoms with van der Waals surface area (Å²) in [5.74, 6) is 1.51. The highest BCUT2D eigenvalue weighted by molar-refractivity contribution is 7.91. The molecule has 5 nitrogen and oxygen atoms in total. The van der Waals surface area contributed by atoms with Gasteiger partial charge in [0, 0.05) is 30.9 Å². The summed E-state index contributed by atoms with van der Waals surface area (Å²) in [4.78, 5) is 0. The van der Waals surface area contributed by atoms with Crippen LogP contribution in [0, 0.1) is 0 Å². The molecule has 1 N–H and O–H groups in total. The Kier molecular flexibility index (Phi) is 3.17. The minimum atomic E-state index is -2.95. The topological polar surface area (TPSA) is 72.8 Å². The number of hydrogen-bond donors (Lipinski definition) is 1. The Morgan fingerprint density at radius 3 is 2.70 bits per heavy atom. The fourth-order valence-electron chi connectivity index (χ4n) is 2.96. The highest BCUT2D eigenvalue weighted by atomic mass is 32.2. The Labute approximate surface area is 118 Å². The zero-order chi connectivity index (χ0) is 14.4. The zero-order valence-corrected chi connectivity index (χ0v) is 12.1. The molecule has 2 aliphatic rings. The lowest BCUT2D eigenvalue weighted by molar-refractivity contribution is -0.0209. The van der Waals surface area contributed by atoms with E-state index in [-0.39, 0.29) is 11.5 Å². The molecule has 0 aliphatic carbocycles. The van der Waals surface area contributed by atoms with E-state index in [1.165, 1.54) is 0 Å². The van der Waals surface area contributed by atoms with E-state index in [9.17, 15) is 13.5 Å². The van der Waals surface area contributed by atoms with Crippen molar-refractivity contribution in [3.63, 3.8) is 0 Å². The van der Waals surface area contributed by atoms with Gasteiger partial charge in [-0.2, -0.15) is 0 Å². The van der Waals surface area contributed by atoms with Crippen LogP contribution in [0.2, 0.25) is 0 Å². The zero-order valence-electron chi connectivity index (χ0n) is 11.3. The molecular weight excluding hydrogens is 280 g/mol. The number of aliphatic hydroxyl groups excluding tert-OH is 1. The molecule has 1 saturated heterocycles. The maximum absolute atomic E-state index is 11.6. The molecule has 0 amide bonds. The van der Waals surface area contributed by atoms with Gasteiger partial charge in [0.2, 0.25) is 0 Å². The maximum Gasteiger partial charge on any atom is 0.150 e. The van der Waals surface area contributed by atoms with Crippen LogP contribution in [0.3, 0.4) is 0 Å². The molecule has 1 aromatic carbocycles. The number of methoxy groups -OCH3 is 1. The third kappa shape index (κ3) is 2.38. The van der Waals surface area contributed by atoms with Crippen LogP contribution >= 0.6 is 0 Å². The first-order valence-electron chi connectivity index (χ1n) is 6.69. The Hall–Kier alpha value is -1.27. The van der Waals surface area contributed by atoms with E-state index in [0.717, 1.165) is 5.56 Å². The van der Waals surface area contributed by atoms with E-state index >= 15 is 0 Å². The van der Waals surface area contributed by atoms with E-state index in [2.05, 4.69) is 0 Å². The molecule has 0 unspecified atom stereocenters. The fraction of sp³-hybridized carbons (Fsp3) is 0.571. The first-order chi connectivity index (χ1) is 9.43. The highest BCUT2D eigenvalue weighted by Crippen LogP contribution is 2.45. The summed E-state index contributed by atoms with van der Waals surface area (Å²) in [6, 6.07) is 5.34. The molecule has 2 heterocycles. The second-order valence-corrected chi connectivity index (χ2v) is 7.86. The molecule has 6 heteroatoms. The lowest BCUT2D eigenvalue weighted by Crippen LogP contribution is -2.47. The molecule has 0 bridgehead atoms. The molecule has 110 valence electrons. The number of benzene rings is 1. The number of sulfone groups is 1. The predicted molar refractivity (Wildman–Crippen MR) is 73.8 cm³/mol. The van der Waals surface area contributed by atoms with Gasteiger partial charge in [-0.1, -0.05) is 0 Å². The summed E-state index contributed by atoms with van der Waals surface area (Å²) >= 11 is 0. The summed E-state index contributed by atoms with van der Waals surface area (Å²) < 4.78 is 34.4. The molecule has 0 aromatic heterocycles. The van der Waals surface area contributed by atoms with Crippen LogP contribution in [0.15, 0.2) is 18.2 Å². The average molecular weight is 298 g/mol. The average Bonchev–Trinajstić information content (AvgIpc) is 2.42. The van der Waals surface area contributed by atoms with Gasteiger partial charge in [0.05, 0.1) is 24.7 Å². The van der Waals surface area contributed by atoms with Gasteiger partial charge in [0.15, 0.2) is 9.84 Å². The predicted octanol–water partition coefficient (Wildman–Crippen LogP) is 1.46. The van der Waals surface area contributed by atoms with Crippen molar-refractivity contribution < 1.29 is 23.0 Å². The summed E-state index contributed by atoms with van der Waals surface area (Å²) in [6.07, 6.45) is 0.693. The smallest absolute Gasteiger partial charge is 0.150 e.